The van der Waals surface area contributed by atoms with Crippen molar-refractivity contribution < 1.29 is 50.6 Å². The zero-order chi connectivity index (χ0) is 38.9. The number of carboxylic acids is 1. The number of thiophene rings is 1. The van der Waals surface area contributed by atoms with Crippen molar-refractivity contribution in [3.05, 3.63) is 80.3 Å². The van der Waals surface area contributed by atoms with Gasteiger partial charge in [0.15, 0.2) is 0 Å². The number of ether oxygens (including phenoxy) is 1. The molecule has 5 rings (SSSR count). The second-order valence-corrected chi connectivity index (χ2v) is 15.2. The Bertz CT molecular complexity index is 1820. The first-order chi connectivity index (χ1) is 24.9. The van der Waals surface area contributed by atoms with Crippen LogP contribution in [0.4, 0.5) is 26.3 Å². The molecule has 1 N–H and O–H groups in total. The van der Waals surface area contributed by atoms with Crippen LogP contribution in [0.15, 0.2) is 48.0 Å². The van der Waals surface area contributed by atoms with E-state index < -0.39 is 69.9 Å². The summed E-state index contributed by atoms with van der Waals surface area (Å²) in [6.07, 6.45) is -7.36. The molecule has 2 aromatic heterocycles. The van der Waals surface area contributed by atoms with Gasteiger partial charge in [0.25, 0.3) is 11.8 Å². The van der Waals surface area contributed by atoms with Gasteiger partial charge in [-0.25, -0.2) is 0 Å². The third kappa shape index (κ3) is 8.45. The van der Waals surface area contributed by atoms with E-state index in [4.69, 9.17) is 16.3 Å². The van der Waals surface area contributed by atoms with E-state index >= 15 is 4.79 Å². The highest BCUT2D eigenvalue weighted by Crippen LogP contribution is 2.45. The van der Waals surface area contributed by atoms with Crippen LogP contribution in [0.25, 0.3) is 0 Å². The fourth-order valence-corrected chi connectivity index (χ4v) is 8.39. The third-order valence-corrected chi connectivity index (χ3v) is 11.3. The number of nitrogens with zero attached hydrogens (tertiary/aromatic N) is 3. The second-order valence-electron chi connectivity index (χ2n) is 13.8. The van der Waals surface area contributed by atoms with Crippen molar-refractivity contribution in [3.63, 3.8) is 0 Å². The Morgan fingerprint density at radius 2 is 1.81 bits per heavy atom. The van der Waals surface area contributed by atoms with Gasteiger partial charge in [-0.1, -0.05) is 51.3 Å². The van der Waals surface area contributed by atoms with E-state index in [1.165, 1.54) is 4.90 Å². The standard InChI is InChI=1S/C37H40ClF6N3O5S/c1-4-5-9-29-35(52-24-18-30(53-20-24)37(42,43)44,13-7-15-47(29)32(48)31-27(36(39,40)41)8-6-14-45-31)34(51)46-16-12-22-17-23(38)10-11-25(22)28(46)19-26(21(2)3)33(49)50/h6,8,10-11,14,17-18,20-21,26,28-29H,4-5,7,9,12-13,15-16,19H2,1-3H3,(H,49,50)/t26?,28?,29-,35+/m1/s1. The van der Waals surface area contributed by atoms with Crippen molar-refractivity contribution in [2.45, 2.75) is 95.8 Å². The lowest BCUT2D eigenvalue weighted by Crippen LogP contribution is -2.68. The monoisotopic (exact) mass is 787 g/mol. The van der Waals surface area contributed by atoms with Crippen LogP contribution in [0.1, 0.15) is 97.4 Å². The first-order valence-corrected chi connectivity index (χ1v) is 18.6. The summed E-state index contributed by atoms with van der Waals surface area (Å²) in [6.45, 7) is 5.31. The Morgan fingerprint density at radius 3 is 2.43 bits per heavy atom. The van der Waals surface area contributed by atoms with E-state index in [9.17, 15) is 41.0 Å². The number of fused-ring (bicyclic) bond motifs is 1. The average molecular weight is 788 g/mol. The molecule has 53 heavy (non-hydrogen) atoms. The molecule has 2 aliphatic rings. The zero-order valence-electron chi connectivity index (χ0n) is 29.3. The van der Waals surface area contributed by atoms with E-state index in [1.54, 1.807) is 32.0 Å². The number of carbonyl (C=O) groups excluding carboxylic acids is 2. The molecule has 1 aromatic carbocycles. The van der Waals surface area contributed by atoms with E-state index in [0.717, 1.165) is 40.2 Å². The molecule has 1 saturated heterocycles. The maximum Gasteiger partial charge on any atom is 0.425 e. The SMILES string of the molecule is CCCC[C@H]1N(C(=O)c2ncccc2C(F)(F)F)CCC[C@@]1(Oc1csc(C(F)(F)F)c1)C(=O)N1CCc2cc(Cl)ccc2C1CC(C(=O)O)C(C)C. The minimum absolute atomic E-state index is 0.0225. The largest absolute Gasteiger partial charge is 0.481 e. The van der Waals surface area contributed by atoms with Crippen LogP contribution < -0.4 is 4.74 Å². The summed E-state index contributed by atoms with van der Waals surface area (Å²) in [7, 11) is 0. The summed E-state index contributed by atoms with van der Waals surface area (Å²) >= 11 is 6.67. The number of carboxylic acid groups (broad SMARTS) is 1. The van der Waals surface area contributed by atoms with E-state index in [-0.39, 0.29) is 50.4 Å². The van der Waals surface area contributed by atoms with Gasteiger partial charge in [-0.05, 0) is 67.0 Å². The number of aromatic nitrogens is 1. The molecule has 0 bridgehead atoms. The molecular weight excluding hydrogens is 748 g/mol. The lowest BCUT2D eigenvalue weighted by molar-refractivity contribution is -0.164. The van der Waals surface area contributed by atoms with Crippen LogP contribution in [-0.4, -0.2) is 62.4 Å². The molecule has 0 spiro atoms. The van der Waals surface area contributed by atoms with Gasteiger partial charge in [-0.15, -0.1) is 11.3 Å². The smallest absolute Gasteiger partial charge is 0.425 e. The summed E-state index contributed by atoms with van der Waals surface area (Å²) in [5.41, 5.74) is -2.78. The van der Waals surface area contributed by atoms with Crippen LogP contribution >= 0.6 is 22.9 Å². The first-order valence-electron chi connectivity index (χ1n) is 17.4. The topological polar surface area (TPSA) is 100 Å². The van der Waals surface area contributed by atoms with Crippen LogP contribution in [0.3, 0.4) is 0 Å². The number of pyridine rings is 1. The number of amides is 2. The van der Waals surface area contributed by atoms with E-state index in [0.29, 0.717) is 41.2 Å². The predicted octanol–water partition coefficient (Wildman–Crippen LogP) is 9.32. The lowest BCUT2D eigenvalue weighted by atomic mass is 9.77. The number of rotatable bonds is 11. The Labute approximate surface area is 312 Å². The number of likely N-dealkylation sites (tertiary alicyclic amines) is 1. The normalized spacial score (nSPS) is 21.3. The van der Waals surface area contributed by atoms with Crippen molar-refractivity contribution in [1.29, 1.82) is 0 Å². The summed E-state index contributed by atoms with van der Waals surface area (Å²) in [4.78, 5) is 47.6. The Balaban J connectivity index is 1.69. The summed E-state index contributed by atoms with van der Waals surface area (Å²) in [5.74, 6) is -4.42. The molecule has 16 heteroatoms. The van der Waals surface area contributed by atoms with Crippen LogP contribution in [0.2, 0.25) is 5.02 Å². The number of hydrogen-bond acceptors (Lipinski definition) is 6. The van der Waals surface area contributed by atoms with Gasteiger partial charge in [0.2, 0.25) is 5.60 Å². The fourth-order valence-electron chi connectivity index (χ4n) is 7.52. The number of unbranched alkanes of at least 4 members (excludes halogenated alkanes) is 1. The quantitative estimate of drug-likeness (QED) is 0.195. The zero-order valence-corrected chi connectivity index (χ0v) is 30.8. The molecule has 8 nitrogen and oxygen atoms in total. The van der Waals surface area contributed by atoms with Gasteiger partial charge in [0.1, 0.15) is 16.3 Å². The Morgan fingerprint density at radius 1 is 1.08 bits per heavy atom. The number of carbonyl (C=O) groups is 3. The van der Waals surface area contributed by atoms with Gasteiger partial charge >= 0.3 is 18.3 Å². The number of aliphatic carboxylic acids is 1. The highest BCUT2D eigenvalue weighted by Gasteiger charge is 2.57. The number of halogens is 7. The van der Waals surface area contributed by atoms with Crippen molar-refractivity contribution >= 4 is 40.7 Å². The minimum Gasteiger partial charge on any atom is -0.481 e. The van der Waals surface area contributed by atoms with E-state index in [2.05, 4.69) is 4.98 Å². The van der Waals surface area contributed by atoms with Gasteiger partial charge in [0, 0.05) is 42.2 Å². The molecule has 0 radical (unpaired) electrons. The molecule has 0 aliphatic carbocycles. The Kier molecular flexibility index (Phi) is 12.1. The maximum absolute atomic E-state index is 15.5. The van der Waals surface area contributed by atoms with Crippen molar-refractivity contribution in [1.82, 2.24) is 14.8 Å². The molecule has 4 heterocycles. The van der Waals surface area contributed by atoms with Crippen molar-refractivity contribution in [3.8, 4) is 5.75 Å². The summed E-state index contributed by atoms with van der Waals surface area (Å²) in [5, 5.41) is 11.8. The Hall–Kier alpha value is -3.85. The number of alkyl halides is 6. The van der Waals surface area contributed by atoms with E-state index in [1.807, 2.05) is 6.92 Å². The number of piperidine rings is 1. The third-order valence-electron chi connectivity index (χ3n) is 10.1. The maximum atomic E-state index is 15.5. The average Bonchev–Trinajstić information content (AvgIpc) is 3.57. The molecular formula is C37H40ClF6N3O5S. The second kappa shape index (κ2) is 15.9. The molecule has 288 valence electrons. The molecule has 2 aliphatic heterocycles. The highest BCUT2D eigenvalue weighted by molar-refractivity contribution is 7.10. The molecule has 2 amide bonds. The molecule has 0 saturated carbocycles. The highest BCUT2D eigenvalue weighted by atomic mass is 35.5. The van der Waals surface area contributed by atoms with Crippen LogP contribution in [0.5, 0.6) is 5.75 Å². The molecule has 1 fully saturated rings. The van der Waals surface area contributed by atoms with Gasteiger partial charge in [-0.3, -0.25) is 19.4 Å². The number of benzene rings is 1. The molecule has 2 unspecified atom stereocenters. The summed E-state index contributed by atoms with van der Waals surface area (Å²) in [6, 6.07) is 5.56. The number of hydrogen-bond donors (Lipinski definition) is 1. The van der Waals surface area contributed by atoms with Crippen molar-refractivity contribution in [2.24, 2.45) is 11.8 Å². The van der Waals surface area contributed by atoms with Crippen LogP contribution in [-0.2, 0) is 28.4 Å². The van der Waals surface area contributed by atoms with Gasteiger partial charge in [0.05, 0.1) is 23.6 Å². The fraction of sp³-hybridized carbons (Fsp3) is 0.514. The molecule has 3 aromatic rings. The minimum atomic E-state index is -4.93. The van der Waals surface area contributed by atoms with Gasteiger partial charge in [-0.2, -0.15) is 26.3 Å². The van der Waals surface area contributed by atoms with Gasteiger partial charge < -0.3 is 19.6 Å². The first kappa shape index (κ1) is 40.3. The molecule has 4 atom stereocenters. The van der Waals surface area contributed by atoms with Crippen molar-refractivity contribution in [2.75, 3.05) is 13.1 Å². The lowest BCUT2D eigenvalue weighted by Gasteiger charge is -2.51. The van der Waals surface area contributed by atoms with Crippen LogP contribution in [0, 0.1) is 11.8 Å². The predicted molar refractivity (Wildman–Crippen MR) is 186 cm³/mol. The summed E-state index contributed by atoms with van der Waals surface area (Å²) < 4.78 is 90.3.